The standard InChI is InChI=1S/C15H19N3O3/c1-10-3-2-4-11(7-10)9-16-15-17-13-8-12(18(19)20)5-6-14(13)21-15/h5-6,8,10-11H,2-4,7,9H2,1H3,(H,16,17). The van der Waals surface area contributed by atoms with Crippen LogP contribution in [-0.2, 0) is 0 Å². The summed E-state index contributed by atoms with van der Waals surface area (Å²) in [4.78, 5) is 14.6. The Morgan fingerprint density at radius 2 is 2.33 bits per heavy atom. The van der Waals surface area contributed by atoms with Crippen molar-refractivity contribution in [1.29, 1.82) is 0 Å². The van der Waals surface area contributed by atoms with Gasteiger partial charge in [-0.3, -0.25) is 10.1 Å². The molecule has 6 heteroatoms. The zero-order valence-electron chi connectivity index (χ0n) is 12.0. The molecule has 2 atom stereocenters. The minimum absolute atomic E-state index is 0.0310. The average molecular weight is 289 g/mol. The maximum Gasteiger partial charge on any atom is 0.295 e. The molecule has 6 nitrogen and oxygen atoms in total. The molecule has 0 saturated heterocycles. The molecule has 1 fully saturated rings. The van der Waals surface area contributed by atoms with Crippen molar-refractivity contribution < 1.29 is 9.34 Å². The van der Waals surface area contributed by atoms with Crippen molar-refractivity contribution in [3.8, 4) is 0 Å². The Hall–Kier alpha value is -2.11. The van der Waals surface area contributed by atoms with Gasteiger partial charge in [0.05, 0.1) is 4.92 Å². The van der Waals surface area contributed by atoms with Crippen molar-refractivity contribution in [3.05, 3.63) is 28.3 Å². The predicted molar refractivity (Wildman–Crippen MR) is 80.3 cm³/mol. The molecule has 2 unspecified atom stereocenters. The van der Waals surface area contributed by atoms with Crippen molar-refractivity contribution >= 4 is 22.8 Å². The molecule has 1 aliphatic carbocycles. The highest BCUT2D eigenvalue weighted by Crippen LogP contribution is 2.29. The lowest BCUT2D eigenvalue weighted by Gasteiger charge is -2.26. The Morgan fingerprint density at radius 3 is 3.10 bits per heavy atom. The number of hydrogen-bond donors (Lipinski definition) is 1. The molecule has 2 aromatic rings. The molecular weight excluding hydrogens is 270 g/mol. The number of oxazole rings is 1. The van der Waals surface area contributed by atoms with E-state index in [0.29, 0.717) is 23.0 Å². The first kappa shape index (κ1) is 13.9. The first-order valence-corrected chi connectivity index (χ1v) is 7.40. The van der Waals surface area contributed by atoms with E-state index in [1.165, 1.54) is 37.8 Å². The Balaban J connectivity index is 1.68. The van der Waals surface area contributed by atoms with Crippen molar-refractivity contribution in [2.75, 3.05) is 11.9 Å². The Morgan fingerprint density at radius 1 is 1.48 bits per heavy atom. The highest BCUT2D eigenvalue weighted by Gasteiger charge is 2.19. The van der Waals surface area contributed by atoms with E-state index >= 15 is 0 Å². The number of nitro groups is 1. The smallest absolute Gasteiger partial charge is 0.295 e. The van der Waals surface area contributed by atoms with Gasteiger partial charge in [-0.1, -0.05) is 19.8 Å². The molecular formula is C15H19N3O3. The highest BCUT2D eigenvalue weighted by molar-refractivity contribution is 5.77. The van der Waals surface area contributed by atoms with Crippen LogP contribution in [0.1, 0.15) is 32.6 Å². The second-order valence-electron chi connectivity index (χ2n) is 5.95. The molecule has 0 radical (unpaired) electrons. The minimum atomic E-state index is -0.426. The number of nitrogens with one attached hydrogen (secondary N) is 1. The lowest BCUT2D eigenvalue weighted by molar-refractivity contribution is -0.384. The molecule has 0 bridgehead atoms. The SMILES string of the molecule is CC1CCCC(CNc2nc3cc([N+](=O)[O-])ccc3o2)C1. The summed E-state index contributed by atoms with van der Waals surface area (Å²) in [5.74, 6) is 1.44. The van der Waals surface area contributed by atoms with Crippen LogP contribution in [0.25, 0.3) is 11.1 Å². The fourth-order valence-corrected chi connectivity index (χ4v) is 3.08. The van der Waals surface area contributed by atoms with Gasteiger partial charge in [-0.05, 0) is 30.7 Å². The van der Waals surface area contributed by atoms with Gasteiger partial charge in [0.15, 0.2) is 5.58 Å². The third-order valence-electron chi connectivity index (χ3n) is 4.17. The molecule has 1 heterocycles. The molecule has 0 spiro atoms. The van der Waals surface area contributed by atoms with Gasteiger partial charge in [-0.25, -0.2) is 0 Å². The summed E-state index contributed by atoms with van der Waals surface area (Å²) in [5.41, 5.74) is 1.12. The van der Waals surface area contributed by atoms with E-state index in [2.05, 4.69) is 17.2 Å². The second kappa shape index (κ2) is 5.71. The molecule has 21 heavy (non-hydrogen) atoms. The molecule has 3 rings (SSSR count). The third-order valence-corrected chi connectivity index (χ3v) is 4.17. The predicted octanol–water partition coefficient (Wildman–Crippen LogP) is 3.97. The number of nitro benzene ring substituents is 1. The monoisotopic (exact) mass is 289 g/mol. The summed E-state index contributed by atoms with van der Waals surface area (Å²) in [6.07, 6.45) is 5.08. The molecule has 1 saturated carbocycles. The fourth-order valence-electron chi connectivity index (χ4n) is 3.08. The number of fused-ring (bicyclic) bond motifs is 1. The zero-order valence-corrected chi connectivity index (χ0v) is 12.0. The van der Waals surface area contributed by atoms with Crippen LogP contribution < -0.4 is 5.32 Å². The Labute approximate surface area is 122 Å². The average Bonchev–Trinajstić information content (AvgIpc) is 2.87. The molecule has 0 aliphatic heterocycles. The van der Waals surface area contributed by atoms with Crippen LogP contribution in [-0.4, -0.2) is 16.5 Å². The highest BCUT2D eigenvalue weighted by atomic mass is 16.6. The number of benzene rings is 1. The van der Waals surface area contributed by atoms with Gasteiger partial charge < -0.3 is 9.73 Å². The molecule has 1 aromatic carbocycles. The molecule has 0 amide bonds. The van der Waals surface area contributed by atoms with E-state index in [1.807, 2.05) is 0 Å². The quantitative estimate of drug-likeness (QED) is 0.680. The van der Waals surface area contributed by atoms with Crippen molar-refractivity contribution in [2.45, 2.75) is 32.6 Å². The lowest BCUT2D eigenvalue weighted by Crippen LogP contribution is -2.21. The van der Waals surface area contributed by atoms with E-state index < -0.39 is 4.92 Å². The maximum atomic E-state index is 10.7. The van der Waals surface area contributed by atoms with Crippen molar-refractivity contribution in [3.63, 3.8) is 0 Å². The number of hydrogen-bond acceptors (Lipinski definition) is 5. The number of aromatic nitrogens is 1. The first-order chi connectivity index (χ1) is 10.1. The van der Waals surface area contributed by atoms with Gasteiger partial charge in [0.1, 0.15) is 5.52 Å². The number of rotatable bonds is 4. The molecule has 1 aromatic heterocycles. The normalized spacial score (nSPS) is 22.3. The fraction of sp³-hybridized carbons (Fsp3) is 0.533. The summed E-state index contributed by atoms with van der Waals surface area (Å²) in [6.45, 7) is 3.14. The lowest BCUT2D eigenvalue weighted by atomic mass is 9.82. The van der Waals surface area contributed by atoms with Gasteiger partial charge in [-0.15, -0.1) is 0 Å². The van der Waals surface area contributed by atoms with E-state index in [-0.39, 0.29) is 5.69 Å². The van der Waals surface area contributed by atoms with Crippen LogP contribution in [0.15, 0.2) is 22.6 Å². The largest absolute Gasteiger partial charge is 0.424 e. The summed E-state index contributed by atoms with van der Waals surface area (Å²) in [5, 5.41) is 14.0. The van der Waals surface area contributed by atoms with Crippen LogP contribution in [0.4, 0.5) is 11.7 Å². The summed E-state index contributed by atoms with van der Waals surface area (Å²) in [7, 11) is 0. The van der Waals surface area contributed by atoms with Crippen LogP contribution in [0.2, 0.25) is 0 Å². The maximum absolute atomic E-state index is 10.7. The third kappa shape index (κ3) is 3.15. The van der Waals surface area contributed by atoms with Crippen LogP contribution in [0.5, 0.6) is 0 Å². The van der Waals surface area contributed by atoms with Gasteiger partial charge in [0.25, 0.3) is 11.7 Å². The molecule has 1 aliphatic rings. The van der Waals surface area contributed by atoms with Crippen LogP contribution in [0.3, 0.4) is 0 Å². The first-order valence-electron chi connectivity index (χ1n) is 7.40. The zero-order chi connectivity index (χ0) is 14.8. The van der Waals surface area contributed by atoms with Gasteiger partial charge in [0, 0.05) is 18.7 Å². The molecule has 112 valence electrons. The van der Waals surface area contributed by atoms with Crippen LogP contribution in [0, 0.1) is 22.0 Å². The Bertz CT molecular complexity index is 653. The van der Waals surface area contributed by atoms with Gasteiger partial charge >= 0.3 is 0 Å². The van der Waals surface area contributed by atoms with Crippen LogP contribution >= 0.6 is 0 Å². The number of nitrogens with zero attached hydrogens (tertiary/aromatic N) is 2. The summed E-state index contributed by atoms with van der Waals surface area (Å²) in [6, 6.07) is 4.91. The van der Waals surface area contributed by atoms with Crippen molar-refractivity contribution in [1.82, 2.24) is 4.98 Å². The Kier molecular flexibility index (Phi) is 3.77. The minimum Gasteiger partial charge on any atom is -0.424 e. The number of non-ortho nitro benzene ring substituents is 1. The van der Waals surface area contributed by atoms with E-state index in [0.717, 1.165) is 12.5 Å². The summed E-state index contributed by atoms with van der Waals surface area (Å²) >= 11 is 0. The molecule has 1 N–H and O–H groups in total. The van der Waals surface area contributed by atoms with E-state index in [4.69, 9.17) is 4.42 Å². The van der Waals surface area contributed by atoms with E-state index in [9.17, 15) is 10.1 Å². The number of anilines is 1. The second-order valence-corrected chi connectivity index (χ2v) is 5.95. The van der Waals surface area contributed by atoms with E-state index in [1.54, 1.807) is 6.07 Å². The van der Waals surface area contributed by atoms with Gasteiger partial charge in [0.2, 0.25) is 0 Å². The summed E-state index contributed by atoms with van der Waals surface area (Å²) < 4.78 is 5.58. The van der Waals surface area contributed by atoms with Crippen molar-refractivity contribution in [2.24, 2.45) is 11.8 Å². The van der Waals surface area contributed by atoms with Gasteiger partial charge in [-0.2, -0.15) is 4.98 Å². The topological polar surface area (TPSA) is 81.2 Å².